The molecule has 0 saturated heterocycles. The number of aliphatic imine (C=N–C) groups is 1. The predicted octanol–water partition coefficient (Wildman–Crippen LogP) is 0.261. The molecule has 1 rings (SSSR count). The zero-order chi connectivity index (χ0) is 15.7. The molecular weight excluding hydrogens is 290 g/mol. The van der Waals surface area contributed by atoms with Gasteiger partial charge < -0.3 is 10.6 Å². The van der Waals surface area contributed by atoms with Gasteiger partial charge in [-0.1, -0.05) is 0 Å². The first-order valence-electron chi connectivity index (χ1n) is 7.10. The zero-order valence-electron chi connectivity index (χ0n) is 12.9. The van der Waals surface area contributed by atoms with Crippen molar-refractivity contribution in [1.82, 2.24) is 20.4 Å². The summed E-state index contributed by atoms with van der Waals surface area (Å²) in [4.78, 5) is 4.46. The van der Waals surface area contributed by atoms with E-state index >= 15 is 0 Å². The summed E-state index contributed by atoms with van der Waals surface area (Å²) in [5.41, 5.74) is 0. The topological polar surface area (TPSA) is 88.4 Å². The lowest BCUT2D eigenvalue weighted by molar-refractivity contribution is 0.579. The smallest absolute Gasteiger partial charge is 0.191 e. The van der Waals surface area contributed by atoms with Crippen LogP contribution in [0.4, 0.5) is 0 Å². The maximum absolute atomic E-state index is 11.2. The molecule has 120 valence electrons. The van der Waals surface area contributed by atoms with Crippen LogP contribution in [0.2, 0.25) is 0 Å². The Kier molecular flexibility index (Phi) is 7.21. The van der Waals surface area contributed by atoms with E-state index in [0.29, 0.717) is 25.5 Å². The number of nitrogens with zero attached hydrogens (tertiary/aromatic N) is 3. The first-order valence-corrected chi connectivity index (χ1v) is 9.16. The van der Waals surface area contributed by atoms with Crippen molar-refractivity contribution >= 4 is 15.8 Å². The van der Waals surface area contributed by atoms with Crippen molar-refractivity contribution in [1.29, 1.82) is 0 Å². The molecule has 1 aromatic heterocycles. The molecule has 1 atom stereocenters. The van der Waals surface area contributed by atoms with Crippen LogP contribution in [0, 0.1) is 0 Å². The molecule has 0 spiro atoms. The minimum atomic E-state index is -2.93. The molecule has 0 aliphatic carbocycles. The minimum Gasteiger partial charge on any atom is -0.357 e. The fourth-order valence-electron chi connectivity index (χ4n) is 1.71. The standard InChI is InChI=1S/C13H25N5O2S/c1-4-14-13(15-8-10-18-9-5-7-16-18)17-12(2)6-11-21(3,19)20/h5,7,9,12H,4,6,8,10-11H2,1-3H3,(H2,14,15,17). The second-order valence-corrected chi connectivity index (χ2v) is 7.25. The van der Waals surface area contributed by atoms with Crippen molar-refractivity contribution < 1.29 is 8.42 Å². The fraction of sp³-hybridized carbons (Fsp3) is 0.692. The van der Waals surface area contributed by atoms with Crippen molar-refractivity contribution in [2.75, 3.05) is 25.1 Å². The van der Waals surface area contributed by atoms with Crippen LogP contribution in [0.25, 0.3) is 0 Å². The summed E-state index contributed by atoms with van der Waals surface area (Å²) in [6.07, 6.45) is 5.44. The molecule has 0 amide bonds. The lowest BCUT2D eigenvalue weighted by Gasteiger charge is -2.17. The van der Waals surface area contributed by atoms with Gasteiger partial charge in [0.25, 0.3) is 0 Å². The Morgan fingerprint density at radius 3 is 2.81 bits per heavy atom. The molecule has 21 heavy (non-hydrogen) atoms. The third-order valence-electron chi connectivity index (χ3n) is 2.81. The normalized spacial score (nSPS) is 14.0. The van der Waals surface area contributed by atoms with Crippen molar-refractivity contribution in [2.24, 2.45) is 4.99 Å². The molecule has 1 heterocycles. The highest BCUT2D eigenvalue weighted by Gasteiger charge is 2.09. The second kappa shape index (κ2) is 8.66. The van der Waals surface area contributed by atoms with Gasteiger partial charge in [0.15, 0.2) is 5.96 Å². The number of hydrogen-bond acceptors (Lipinski definition) is 4. The largest absolute Gasteiger partial charge is 0.357 e. The molecule has 0 radical (unpaired) electrons. The molecule has 0 bridgehead atoms. The number of rotatable bonds is 8. The highest BCUT2D eigenvalue weighted by Crippen LogP contribution is 1.95. The Labute approximate surface area is 126 Å². The summed E-state index contributed by atoms with van der Waals surface area (Å²) in [7, 11) is -2.93. The van der Waals surface area contributed by atoms with E-state index in [0.717, 1.165) is 6.54 Å². The number of hydrogen-bond donors (Lipinski definition) is 2. The Bertz CT molecular complexity index is 525. The SMILES string of the molecule is CCNC(=NCCn1cccn1)NC(C)CCS(C)(=O)=O. The van der Waals surface area contributed by atoms with Gasteiger partial charge in [0.05, 0.1) is 18.8 Å². The Morgan fingerprint density at radius 2 is 2.24 bits per heavy atom. The molecule has 0 aliphatic heterocycles. The van der Waals surface area contributed by atoms with Crippen LogP contribution >= 0.6 is 0 Å². The van der Waals surface area contributed by atoms with Gasteiger partial charge in [-0.25, -0.2) is 8.42 Å². The third-order valence-corrected chi connectivity index (χ3v) is 3.78. The van der Waals surface area contributed by atoms with Crippen LogP contribution in [-0.4, -0.2) is 55.3 Å². The average molecular weight is 315 g/mol. The minimum absolute atomic E-state index is 0.0437. The maximum atomic E-state index is 11.2. The van der Waals surface area contributed by atoms with Crippen molar-refractivity contribution in [3.05, 3.63) is 18.5 Å². The van der Waals surface area contributed by atoms with Crippen LogP contribution in [0.15, 0.2) is 23.5 Å². The zero-order valence-corrected chi connectivity index (χ0v) is 13.7. The Balaban J connectivity index is 2.43. The first-order chi connectivity index (χ1) is 9.90. The van der Waals surface area contributed by atoms with E-state index in [-0.39, 0.29) is 11.8 Å². The summed E-state index contributed by atoms with van der Waals surface area (Å²) in [5.74, 6) is 0.874. The fourth-order valence-corrected chi connectivity index (χ4v) is 2.50. The van der Waals surface area contributed by atoms with E-state index in [1.165, 1.54) is 6.26 Å². The molecule has 2 N–H and O–H groups in total. The van der Waals surface area contributed by atoms with Crippen molar-refractivity contribution in [3.8, 4) is 0 Å². The van der Waals surface area contributed by atoms with Gasteiger partial charge in [-0.05, 0) is 26.3 Å². The summed E-state index contributed by atoms with van der Waals surface area (Å²) >= 11 is 0. The monoisotopic (exact) mass is 315 g/mol. The molecular formula is C13H25N5O2S. The summed E-state index contributed by atoms with van der Waals surface area (Å²) in [6.45, 7) is 6.01. The molecule has 1 unspecified atom stereocenters. The molecule has 0 aromatic carbocycles. The molecule has 0 saturated carbocycles. The van der Waals surface area contributed by atoms with E-state index in [2.05, 4.69) is 20.7 Å². The lowest BCUT2D eigenvalue weighted by atomic mass is 10.3. The Morgan fingerprint density at radius 1 is 1.48 bits per heavy atom. The maximum Gasteiger partial charge on any atom is 0.191 e. The number of aromatic nitrogens is 2. The number of guanidine groups is 1. The van der Waals surface area contributed by atoms with Crippen LogP contribution in [-0.2, 0) is 16.4 Å². The van der Waals surface area contributed by atoms with Gasteiger partial charge >= 0.3 is 0 Å². The first kappa shape index (κ1) is 17.5. The van der Waals surface area contributed by atoms with Crippen LogP contribution in [0.1, 0.15) is 20.3 Å². The Hall–Kier alpha value is -1.57. The van der Waals surface area contributed by atoms with E-state index in [4.69, 9.17) is 0 Å². The molecule has 8 heteroatoms. The van der Waals surface area contributed by atoms with E-state index in [9.17, 15) is 8.42 Å². The molecule has 0 fully saturated rings. The molecule has 0 aliphatic rings. The molecule has 7 nitrogen and oxygen atoms in total. The summed E-state index contributed by atoms with van der Waals surface area (Å²) in [5, 5.41) is 10.5. The van der Waals surface area contributed by atoms with E-state index in [1.54, 1.807) is 6.20 Å². The number of sulfone groups is 1. The van der Waals surface area contributed by atoms with Gasteiger partial charge in [0.2, 0.25) is 0 Å². The quantitative estimate of drug-likeness (QED) is 0.531. The highest BCUT2D eigenvalue weighted by atomic mass is 32.2. The van der Waals surface area contributed by atoms with E-state index < -0.39 is 9.84 Å². The van der Waals surface area contributed by atoms with Gasteiger partial charge in [0.1, 0.15) is 9.84 Å². The van der Waals surface area contributed by atoms with Crippen molar-refractivity contribution in [2.45, 2.75) is 32.9 Å². The van der Waals surface area contributed by atoms with E-state index in [1.807, 2.05) is 30.8 Å². The van der Waals surface area contributed by atoms with Gasteiger partial charge in [-0.3, -0.25) is 9.67 Å². The predicted molar refractivity (Wildman–Crippen MR) is 85.1 cm³/mol. The summed E-state index contributed by atoms with van der Waals surface area (Å²) in [6, 6.07) is 1.92. The van der Waals surface area contributed by atoms with Gasteiger partial charge in [-0.15, -0.1) is 0 Å². The van der Waals surface area contributed by atoms with Crippen LogP contribution in [0.5, 0.6) is 0 Å². The highest BCUT2D eigenvalue weighted by molar-refractivity contribution is 7.90. The third kappa shape index (κ3) is 8.34. The van der Waals surface area contributed by atoms with Crippen LogP contribution < -0.4 is 10.6 Å². The van der Waals surface area contributed by atoms with Crippen LogP contribution in [0.3, 0.4) is 0 Å². The number of nitrogens with one attached hydrogen (secondary N) is 2. The van der Waals surface area contributed by atoms with Gasteiger partial charge in [-0.2, -0.15) is 5.10 Å². The average Bonchev–Trinajstić information content (AvgIpc) is 2.89. The van der Waals surface area contributed by atoms with Crippen molar-refractivity contribution in [3.63, 3.8) is 0 Å². The molecule has 1 aromatic rings. The second-order valence-electron chi connectivity index (χ2n) is 4.99. The van der Waals surface area contributed by atoms with Gasteiger partial charge in [0, 0.05) is 31.2 Å². The summed E-state index contributed by atoms with van der Waals surface area (Å²) < 4.78 is 24.2. The lowest BCUT2D eigenvalue weighted by Crippen LogP contribution is -2.43.